The van der Waals surface area contributed by atoms with Gasteiger partial charge in [-0.3, -0.25) is 9.52 Å². The molecule has 0 saturated heterocycles. The number of aryl methyl sites for hydroxylation is 1. The predicted octanol–water partition coefficient (Wildman–Crippen LogP) is 4.61. The van der Waals surface area contributed by atoms with Crippen LogP contribution in [0.4, 0.5) is 15.8 Å². The van der Waals surface area contributed by atoms with Gasteiger partial charge >= 0.3 is 0 Å². The van der Waals surface area contributed by atoms with Gasteiger partial charge in [-0.1, -0.05) is 11.6 Å². The molecule has 3 aromatic carbocycles. The maximum atomic E-state index is 13.2. The molecule has 32 heavy (non-hydrogen) atoms. The summed E-state index contributed by atoms with van der Waals surface area (Å²) in [5.41, 5.74) is 1.24. The topological polar surface area (TPSA) is 93.7 Å². The summed E-state index contributed by atoms with van der Waals surface area (Å²) in [7, 11) is -2.30. The van der Waals surface area contributed by atoms with E-state index in [0.717, 1.165) is 6.07 Å². The largest absolute Gasteiger partial charge is 0.497 e. The van der Waals surface area contributed by atoms with Crippen molar-refractivity contribution in [3.05, 3.63) is 77.1 Å². The van der Waals surface area contributed by atoms with Crippen LogP contribution in [-0.4, -0.2) is 28.0 Å². The fraction of sp³-hybridized carbons (Fsp3) is 0.136. The molecule has 0 fully saturated rings. The van der Waals surface area contributed by atoms with Crippen LogP contribution in [0.15, 0.2) is 65.6 Å². The van der Waals surface area contributed by atoms with Crippen LogP contribution in [0.3, 0.4) is 0 Å². The number of sulfonamides is 1. The Morgan fingerprint density at radius 1 is 1.03 bits per heavy atom. The quantitative estimate of drug-likeness (QED) is 0.493. The Morgan fingerprint density at radius 3 is 2.34 bits per heavy atom. The third-order valence-electron chi connectivity index (χ3n) is 4.36. The molecule has 3 aromatic rings. The Balaban J connectivity index is 1.63. The highest BCUT2D eigenvalue weighted by Gasteiger charge is 2.16. The van der Waals surface area contributed by atoms with Gasteiger partial charge in [-0.15, -0.1) is 0 Å². The molecule has 0 radical (unpaired) electrons. The third-order valence-corrected chi connectivity index (χ3v) is 6.03. The van der Waals surface area contributed by atoms with Crippen molar-refractivity contribution in [2.45, 2.75) is 11.8 Å². The number of carbonyl (C=O) groups excluding carboxylic acids is 1. The van der Waals surface area contributed by atoms with Crippen LogP contribution in [0.1, 0.15) is 5.56 Å². The standard InChI is InChI=1S/C22H20ClFN2O5S/c1-14-11-18(32(28,29)26-15-3-6-17(30-2)7-4-15)8-10-21(14)31-13-22(27)25-16-5-9-20(24)19(23)12-16/h3-12,26H,13H2,1-2H3,(H,25,27). The zero-order valence-corrected chi connectivity index (χ0v) is 18.8. The van der Waals surface area contributed by atoms with Crippen molar-refractivity contribution in [3.63, 3.8) is 0 Å². The molecule has 0 aliphatic carbocycles. The molecule has 168 valence electrons. The van der Waals surface area contributed by atoms with Crippen molar-refractivity contribution in [3.8, 4) is 11.5 Å². The summed E-state index contributed by atoms with van der Waals surface area (Å²) in [5, 5.41) is 2.43. The SMILES string of the molecule is COc1ccc(NS(=O)(=O)c2ccc(OCC(=O)Nc3ccc(F)c(Cl)c3)c(C)c2)cc1. The van der Waals surface area contributed by atoms with Gasteiger partial charge in [0.1, 0.15) is 17.3 Å². The van der Waals surface area contributed by atoms with E-state index in [2.05, 4.69) is 10.0 Å². The summed E-state index contributed by atoms with van der Waals surface area (Å²) in [4.78, 5) is 12.1. The number of methoxy groups -OCH3 is 1. The number of anilines is 2. The van der Waals surface area contributed by atoms with Crippen molar-refractivity contribution in [2.24, 2.45) is 0 Å². The number of carbonyl (C=O) groups is 1. The molecule has 0 saturated carbocycles. The maximum absolute atomic E-state index is 13.2. The lowest BCUT2D eigenvalue weighted by Crippen LogP contribution is -2.20. The number of benzene rings is 3. The normalized spacial score (nSPS) is 11.0. The zero-order chi connectivity index (χ0) is 23.3. The highest BCUT2D eigenvalue weighted by Crippen LogP contribution is 2.25. The van der Waals surface area contributed by atoms with E-state index in [-0.39, 0.29) is 16.5 Å². The second kappa shape index (κ2) is 9.88. The van der Waals surface area contributed by atoms with Gasteiger partial charge in [-0.2, -0.15) is 0 Å². The minimum atomic E-state index is -3.82. The van der Waals surface area contributed by atoms with Crippen LogP contribution in [0.25, 0.3) is 0 Å². The minimum absolute atomic E-state index is 0.0450. The number of halogens is 2. The third kappa shape index (κ3) is 5.89. The molecule has 7 nitrogen and oxygen atoms in total. The summed E-state index contributed by atoms with van der Waals surface area (Å²) in [6, 6.07) is 14.6. The van der Waals surface area contributed by atoms with Crippen LogP contribution >= 0.6 is 11.6 Å². The van der Waals surface area contributed by atoms with E-state index in [9.17, 15) is 17.6 Å². The van der Waals surface area contributed by atoms with Crippen molar-refractivity contribution in [2.75, 3.05) is 23.8 Å². The molecule has 1 amide bonds. The fourth-order valence-corrected chi connectivity index (χ4v) is 4.06. The summed E-state index contributed by atoms with van der Waals surface area (Å²) >= 11 is 5.69. The van der Waals surface area contributed by atoms with Gasteiger partial charge in [0.15, 0.2) is 6.61 Å². The van der Waals surface area contributed by atoms with Gasteiger partial charge in [0.05, 0.1) is 17.0 Å². The Labute approximate surface area is 190 Å². The second-order valence-corrected chi connectivity index (χ2v) is 8.82. The van der Waals surface area contributed by atoms with Crippen LogP contribution < -0.4 is 19.5 Å². The maximum Gasteiger partial charge on any atom is 0.262 e. The Morgan fingerprint density at radius 2 is 1.72 bits per heavy atom. The Kier molecular flexibility index (Phi) is 7.22. The van der Waals surface area contributed by atoms with E-state index in [4.69, 9.17) is 21.1 Å². The molecule has 0 aliphatic rings. The number of hydrogen-bond acceptors (Lipinski definition) is 5. The number of nitrogens with one attached hydrogen (secondary N) is 2. The van der Waals surface area contributed by atoms with Crippen molar-refractivity contribution >= 4 is 38.9 Å². The smallest absolute Gasteiger partial charge is 0.262 e. The van der Waals surface area contributed by atoms with E-state index in [1.54, 1.807) is 31.2 Å². The van der Waals surface area contributed by atoms with Gasteiger partial charge < -0.3 is 14.8 Å². The van der Waals surface area contributed by atoms with E-state index >= 15 is 0 Å². The second-order valence-electron chi connectivity index (χ2n) is 6.73. The van der Waals surface area contributed by atoms with Gasteiger partial charge in [0, 0.05) is 11.4 Å². The molecule has 0 unspecified atom stereocenters. The molecule has 2 N–H and O–H groups in total. The van der Waals surface area contributed by atoms with E-state index < -0.39 is 21.7 Å². The molecular formula is C22H20ClFN2O5S. The lowest BCUT2D eigenvalue weighted by atomic mass is 10.2. The Bertz CT molecular complexity index is 1230. The summed E-state index contributed by atoms with van der Waals surface area (Å²) in [6.07, 6.45) is 0. The van der Waals surface area contributed by atoms with Crippen LogP contribution in [-0.2, 0) is 14.8 Å². The van der Waals surface area contributed by atoms with E-state index in [1.165, 1.54) is 37.4 Å². The van der Waals surface area contributed by atoms with Gasteiger partial charge in [0.25, 0.3) is 15.9 Å². The van der Waals surface area contributed by atoms with Gasteiger partial charge in [-0.05, 0) is 73.2 Å². The highest BCUT2D eigenvalue weighted by molar-refractivity contribution is 7.92. The summed E-state index contributed by atoms with van der Waals surface area (Å²) in [5.74, 6) is -0.115. The molecule has 0 aromatic heterocycles. The summed E-state index contributed by atoms with van der Waals surface area (Å²) in [6.45, 7) is 1.34. The van der Waals surface area contributed by atoms with E-state index in [0.29, 0.717) is 28.4 Å². The molecular weight excluding hydrogens is 459 g/mol. The first kappa shape index (κ1) is 23.4. The first-order chi connectivity index (χ1) is 15.2. The number of ether oxygens (including phenoxy) is 2. The van der Waals surface area contributed by atoms with Crippen LogP contribution in [0.5, 0.6) is 11.5 Å². The zero-order valence-electron chi connectivity index (χ0n) is 17.2. The van der Waals surface area contributed by atoms with Crippen molar-refractivity contribution in [1.29, 1.82) is 0 Å². The molecule has 0 atom stereocenters. The molecule has 0 bridgehead atoms. The number of rotatable bonds is 8. The molecule has 3 rings (SSSR count). The van der Waals surface area contributed by atoms with E-state index in [1.807, 2.05) is 0 Å². The lowest BCUT2D eigenvalue weighted by molar-refractivity contribution is -0.118. The Hall–Kier alpha value is -3.30. The van der Waals surface area contributed by atoms with Gasteiger partial charge in [-0.25, -0.2) is 12.8 Å². The van der Waals surface area contributed by atoms with Crippen LogP contribution in [0, 0.1) is 12.7 Å². The average Bonchev–Trinajstić information content (AvgIpc) is 2.75. The monoisotopic (exact) mass is 478 g/mol. The first-order valence-corrected chi connectivity index (χ1v) is 11.2. The van der Waals surface area contributed by atoms with Crippen molar-refractivity contribution in [1.82, 2.24) is 0 Å². The number of amides is 1. The number of hydrogen-bond donors (Lipinski definition) is 2. The molecule has 0 aliphatic heterocycles. The van der Waals surface area contributed by atoms with Crippen LogP contribution in [0.2, 0.25) is 5.02 Å². The summed E-state index contributed by atoms with van der Waals surface area (Å²) < 4.78 is 51.5. The molecule has 0 spiro atoms. The first-order valence-electron chi connectivity index (χ1n) is 9.33. The minimum Gasteiger partial charge on any atom is -0.497 e. The molecule has 10 heteroatoms. The lowest BCUT2D eigenvalue weighted by Gasteiger charge is -2.13. The fourth-order valence-electron chi connectivity index (χ4n) is 2.74. The van der Waals surface area contributed by atoms with Gasteiger partial charge in [0.2, 0.25) is 0 Å². The van der Waals surface area contributed by atoms with Crippen molar-refractivity contribution < 1.29 is 27.1 Å². The average molecular weight is 479 g/mol. The molecule has 0 heterocycles. The predicted molar refractivity (Wildman–Crippen MR) is 121 cm³/mol. The highest BCUT2D eigenvalue weighted by atomic mass is 35.5.